The lowest BCUT2D eigenvalue weighted by atomic mass is 9.55. The third-order valence-electron chi connectivity index (χ3n) is 14.2. The number of rotatable bonds is 30. The highest BCUT2D eigenvalue weighted by Crippen LogP contribution is 2.62. The first kappa shape index (κ1) is 54.8. The molecule has 1 heterocycles. The smallest absolute Gasteiger partial charge is 0.417 e. The molecule has 3 N–H and O–H groups in total. The first-order chi connectivity index (χ1) is 34.7. The fraction of sp³-hybridized carbons (Fsp3) is 0.561. The average molecular weight is 982 g/mol. The lowest BCUT2D eigenvalue weighted by Gasteiger charge is -2.59. The van der Waals surface area contributed by atoms with E-state index in [1.807, 2.05) is 36.4 Å². The van der Waals surface area contributed by atoms with Crippen LogP contribution in [0.3, 0.4) is 0 Å². The Morgan fingerprint density at radius 2 is 1.56 bits per heavy atom. The number of aliphatic hydroxyl groups is 2. The normalized spacial score (nSPS) is 21.5. The van der Waals surface area contributed by atoms with Crippen molar-refractivity contribution in [1.29, 1.82) is 0 Å². The minimum atomic E-state index is -1.46. The first-order valence-corrected chi connectivity index (χ1v) is 26.1. The predicted octanol–water partition coefficient (Wildman–Crippen LogP) is 12.1. The molecule has 6 rings (SSSR count). The van der Waals surface area contributed by atoms with E-state index in [0.29, 0.717) is 53.8 Å². The standard InChI is InChI=1S/C57H79N3O11/c1-6-8-9-10-11-12-13-14-15-23-35-67-56(64)60(3)52-39-49(59-69-40-41-24-17-16-18-25-41)46-36-42(26-19-21-32-61)45(27-20-22-33-62)53-47-37-44(29-31-50(47)71-57(52,54(46)53)68-34-7-2)70-55(63)58-48-30-28-43(65-4)38-51(48)66-5/h7,16-18,24-25,28-31,36-38,42,45,52-54,61-62H,2,6,8-15,19-23,26-27,32-35,39-40H2,1,3-5H3,(H,58,63). The molecule has 0 radical (unpaired) electrons. The summed E-state index contributed by atoms with van der Waals surface area (Å²) in [4.78, 5) is 35.8. The van der Waals surface area contributed by atoms with Gasteiger partial charge in [0.2, 0.25) is 5.79 Å². The van der Waals surface area contributed by atoms with Gasteiger partial charge in [-0.05, 0) is 85.4 Å². The summed E-state index contributed by atoms with van der Waals surface area (Å²) in [5.41, 5.74) is 3.73. The van der Waals surface area contributed by atoms with Crippen molar-refractivity contribution in [2.45, 2.75) is 140 Å². The average Bonchev–Trinajstić information content (AvgIpc) is 3.38. The number of anilines is 1. The minimum Gasteiger partial charge on any atom is -0.497 e. The molecule has 14 nitrogen and oxygen atoms in total. The highest BCUT2D eigenvalue weighted by molar-refractivity contribution is 6.03. The molecule has 14 heteroatoms. The second-order valence-electron chi connectivity index (χ2n) is 19.0. The van der Waals surface area contributed by atoms with Gasteiger partial charge in [-0.15, -0.1) is 6.58 Å². The molecular weight excluding hydrogens is 903 g/mol. The van der Waals surface area contributed by atoms with Gasteiger partial charge in [0.05, 0.1) is 44.8 Å². The largest absolute Gasteiger partial charge is 0.497 e. The second kappa shape index (κ2) is 28.5. The summed E-state index contributed by atoms with van der Waals surface area (Å²) < 4.78 is 37.2. The number of likely N-dealkylation sites (N-methyl/N-ethyl adjacent to an activating group) is 1. The third kappa shape index (κ3) is 14.5. The summed E-state index contributed by atoms with van der Waals surface area (Å²) in [6.45, 7) is 7.04. The molecule has 388 valence electrons. The first-order valence-electron chi connectivity index (χ1n) is 26.1. The van der Waals surface area contributed by atoms with Crippen molar-refractivity contribution in [3.05, 3.63) is 102 Å². The van der Waals surface area contributed by atoms with E-state index in [-0.39, 0.29) is 50.6 Å². The number of hydrogen-bond donors (Lipinski definition) is 3. The fourth-order valence-corrected chi connectivity index (χ4v) is 10.7. The molecule has 1 fully saturated rings. The van der Waals surface area contributed by atoms with Gasteiger partial charge in [-0.3, -0.25) is 5.32 Å². The van der Waals surface area contributed by atoms with Crippen LogP contribution >= 0.6 is 0 Å². The summed E-state index contributed by atoms with van der Waals surface area (Å²) in [5.74, 6) is -0.569. The number of hydrogen-bond acceptors (Lipinski definition) is 12. The van der Waals surface area contributed by atoms with E-state index >= 15 is 0 Å². The third-order valence-corrected chi connectivity index (χ3v) is 14.2. The van der Waals surface area contributed by atoms with Gasteiger partial charge in [-0.25, -0.2) is 9.59 Å². The van der Waals surface area contributed by atoms with Crippen molar-refractivity contribution in [2.24, 2.45) is 22.9 Å². The molecule has 6 atom stereocenters. The van der Waals surface area contributed by atoms with E-state index in [9.17, 15) is 19.8 Å². The van der Waals surface area contributed by atoms with Gasteiger partial charge >= 0.3 is 12.2 Å². The Morgan fingerprint density at radius 1 is 0.859 bits per heavy atom. The van der Waals surface area contributed by atoms with Crippen LogP contribution in [0.15, 0.2) is 96.2 Å². The van der Waals surface area contributed by atoms with Crippen LogP contribution in [0, 0.1) is 17.8 Å². The van der Waals surface area contributed by atoms with Gasteiger partial charge in [0.1, 0.15) is 35.6 Å². The number of carbonyl (C=O) groups is 2. The number of nitrogens with one attached hydrogen (secondary N) is 1. The number of nitrogens with zero attached hydrogens (tertiary/aromatic N) is 2. The molecule has 0 spiro atoms. The predicted molar refractivity (Wildman–Crippen MR) is 276 cm³/mol. The van der Waals surface area contributed by atoms with Gasteiger partial charge in [0.25, 0.3) is 0 Å². The summed E-state index contributed by atoms with van der Waals surface area (Å²) >= 11 is 0. The van der Waals surface area contributed by atoms with E-state index in [1.165, 1.54) is 52.1 Å². The van der Waals surface area contributed by atoms with E-state index in [4.69, 9.17) is 38.4 Å². The maximum Gasteiger partial charge on any atom is 0.417 e. The maximum atomic E-state index is 14.4. The lowest BCUT2D eigenvalue weighted by molar-refractivity contribution is -0.253. The van der Waals surface area contributed by atoms with Crippen LogP contribution in [0.25, 0.3) is 0 Å². The van der Waals surface area contributed by atoms with Gasteiger partial charge in [-0.2, -0.15) is 0 Å². The minimum absolute atomic E-state index is 0.00887. The Labute approximate surface area is 421 Å². The molecule has 2 aliphatic carbocycles. The van der Waals surface area contributed by atoms with Crippen LogP contribution in [0.1, 0.15) is 133 Å². The summed E-state index contributed by atoms with van der Waals surface area (Å²) in [5, 5.41) is 27.7. The Balaban J connectivity index is 1.39. The van der Waals surface area contributed by atoms with Gasteiger partial charge in [-0.1, -0.05) is 125 Å². The Hall–Kier alpha value is -5.57. The fourth-order valence-electron chi connectivity index (χ4n) is 10.7. The van der Waals surface area contributed by atoms with Crippen molar-refractivity contribution in [3.8, 4) is 23.0 Å². The molecule has 2 amide bonds. The van der Waals surface area contributed by atoms with E-state index in [1.54, 1.807) is 55.5 Å². The zero-order chi connectivity index (χ0) is 50.4. The molecule has 0 bridgehead atoms. The van der Waals surface area contributed by atoms with Crippen molar-refractivity contribution >= 4 is 23.6 Å². The molecular formula is C57H79N3O11. The molecule has 71 heavy (non-hydrogen) atoms. The number of ether oxygens (including phenoxy) is 6. The monoisotopic (exact) mass is 982 g/mol. The highest BCUT2D eigenvalue weighted by atomic mass is 16.7. The number of carbonyl (C=O) groups excluding carboxylic acids is 2. The van der Waals surface area contributed by atoms with Crippen molar-refractivity contribution in [3.63, 3.8) is 0 Å². The number of aliphatic hydroxyl groups excluding tert-OH is 2. The number of unbranched alkanes of at least 4 members (excludes halogenated alkanes) is 11. The van der Waals surface area contributed by atoms with Crippen LogP contribution in [-0.4, -0.2) is 92.5 Å². The van der Waals surface area contributed by atoms with Crippen LogP contribution in [0.4, 0.5) is 15.3 Å². The summed E-state index contributed by atoms with van der Waals surface area (Å²) in [6, 6.07) is 19.5. The van der Waals surface area contributed by atoms with Crippen molar-refractivity contribution in [2.75, 3.05) is 53.0 Å². The Bertz CT molecular complexity index is 2200. The maximum absolute atomic E-state index is 14.4. The highest BCUT2D eigenvalue weighted by Gasteiger charge is 2.65. The molecule has 1 aliphatic heterocycles. The quantitative estimate of drug-likeness (QED) is 0.0330. The van der Waals surface area contributed by atoms with Crippen molar-refractivity contribution in [1.82, 2.24) is 4.90 Å². The Kier molecular flexibility index (Phi) is 22.0. The number of fused-ring (bicyclic) bond motifs is 2. The van der Waals surface area contributed by atoms with Crippen LogP contribution in [0.2, 0.25) is 0 Å². The molecule has 1 saturated carbocycles. The second-order valence-corrected chi connectivity index (χ2v) is 19.0. The number of methoxy groups -OCH3 is 2. The lowest BCUT2D eigenvalue weighted by Crippen LogP contribution is -2.69. The van der Waals surface area contributed by atoms with E-state index in [0.717, 1.165) is 61.6 Å². The van der Waals surface area contributed by atoms with Crippen LogP contribution < -0.4 is 24.3 Å². The van der Waals surface area contributed by atoms with Gasteiger partial charge < -0.3 is 48.4 Å². The topological polar surface area (TPSA) is 167 Å². The van der Waals surface area contributed by atoms with Gasteiger partial charge in [0.15, 0.2) is 0 Å². The number of benzene rings is 3. The van der Waals surface area contributed by atoms with Crippen LogP contribution in [-0.2, 0) is 20.9 Å². The van der Waals surface area contributed by atoms with E-state index < -0.39 is 29.9 Å². The molecule has 3 aromatic rings. The number of amides is 2. The molecule has 3 aliphatic rings. The van der Waals surface area contributed by atoms with Gasteiger partial charge in [0, 0.05) is 44.2 Å². The van der Waals surface area contributed by atoms with Crippen LogP contribution in [0.5, 0.6) is 23.0 Å². The zero-order valence-corrected chi connectivity index (χ0v) is 42.6. The summed E-state index contributed by atoms with van der Waals surface area (Å²) in [6.07, 6.45) is 19.0. The number of oxime groups is 1. The van der Waals surface area contributed by atoms with Crippen molar-refractivity contribution < 1.29 is 53.1 Å². The SMILES string of the molecule is C=CCOC12Oc3ccc(OC(=O)Nc4ccc(OC)cc4OC)cc3C3C(CCCCO)C(CCCCO)C=C(C(=NOCc4ccccc4)CC1N(C)C(=O)OCCCCCCCCCCCC)C32. The molecule has 0 aromatic heterocycles. The molecule has 3 aromatic carbocycles. The molecule has 0 saturated heterocycles. The number of allylic oxidation sites excluding steroid dienone is 1. The summed E-state index contributed by atoms with van der Waals surface area (Å²) in [7, 11) is 4.80. The molecule has 6 unspecified atom stereocenters. The van der Waals surface area contributed by atoms with E-state index in [2.05, 4.69) is 24.9 Å². The Morgan fingerprint density at radius 3 is 2.25 bits per heavy atom. The zero-order valence-electron chi connectivity index (χ0n) is 42.6.